The molecule has 1 amide bonds. The van der Waals surface area contributed by atoms with Crippen LogP contribution in [0.15, 0.2) is 42.7 Å². The van der Waals surface area contributed by atoms with Crippen LogP contribution >= 0.6 is 0 Å². The van der Waals surface area contributed by atoms with E-state index in [0.29, 0.717) is 12.1 Å². The Morgan fingerprint density at radius 3 is 2.62 bits per heavy atom. The van der Waals surface area contributed by atoms with Gasteiger partial charge in [0.05, 0.1) is 0 Å². The van der Waals surface area contributed by atoms with Crippen molar-refractivity contribution in [3.05, 3.63) is 65.0 Å². The number of ketones is 1. The molecule has 0 aliphatic heterocycles. The molecule has 0 radical (unpaired) electrons. The van der Waals surface area contributed by atoms with Crippen molar-refractivity contribution in [3.63, 3.8) is 0 Å². The number of carbonyl (C=O) groups is 2. The molecule has 1 heterocycles. The zero-order valence-electron chi connectivity index (χ0n) is 14.3. The first kappa shape index (κ1) is 17.9. The molecule has 0 unspecified atom stereocenters. The van der Waals surface area contributed by atoms with E-state index in [1.54, 1.807) is 6.20 Å². The molecule has 1 aromatic carbocycles. The van der Waals surface area contributed by atoms with Crippen molar-refractivity contribution in [2.24, 2.45) is 0 Å². The first-order valence-corrected chi connectivity index (χ1v) is 8.32. The van der Waals surface area contributed by atoms with Gasteiger partial charge in [-0.2, -0.15) is 0 Å². The summed E-state index contributed by atoms with van der Waals surface area (Å²) in [5.74, 6) is -0.0537. The fraction of sp³-hybridized carbons (Fsp3) is 0.350. The average Bonchev–Trinajstić information content (AvgIpc) is 2.60. The molecule has 2 rings (SSSR count). The lowest BCUT2D eigenvalue weighted by Crippen LogP contribution is -2.25. The lowest BCUT2D eigenvalue weighted by Gasteiger charge is -2.06. The number of aromatic nitrogens is 1. The van der Waals surface area contributed by atoms with E-state index < -0.39 is 0 Å². The van der Waals surface area contributed by atoms with Gasteiger partial charge in [-0.25, -0.2) is 0 Å². The van der Waals surface area contributed by atoms with E-state index in [4.69, 9.17) is 0 Å². The summed E-state index contributed by atoms with van der Waals surface area (Å²) in [6.07, 6.45) is 5.82. The number of nitrogens with zero attached hydrogens (tertiary/aromatic N) is 1. The Bertz CT molecular complexity index is 696. The van der Waals surface area contributed by atoms with Gasteiger partial charge in [0.15, 0.2) is 5.78 Å². The smallest absolute Gasteiger partial charge is 0.220 e. The number of hydrogen-bond donors (Lipinski definition) is 1. The van der Waals surface area contributed by atoms with Crippen molar-refractivity contribution in [1.29, 1.82) is 0 Å². The summed E-state index contributed by atoms with van der Waals surface area (Å²) in [7, 11) is 0. The van der Waals surface area contributed by atoms with Crippen LogP contribution in [-0.4, -0.2) is 23.2 Å². The van der Waals surface area contributed by atoms with E-state index in [1.165, 1.54) is 0 Å². The van der Waals surface area contributed by atoms with E-state index in [2.05, 4.69) is 10.3 Å². The van der Waals surface area contributed by atoms with Crippen molar-refractivity contribution < 1.29 is 9.59 Å². The second kappa shape index (κ2) is 8.96. The summed E-state index contributed by atoms with van der Waals surface area (Å²) in [5, 5.41) is 2.87. The Kier molecular flexibility index (Phi) is 6.67. The SMILES string of the molecule is Cc1ccc(C(=O)CCC(=O)NCCCc2cccnc2)cc1C. The molecule has 24 heavy (non-hydrogen) atoms. The molecule has 4 heteroatoms. The van der Waals surface area contributed by atoms with Crippen molar-refractivity contribution >= 4 is 11.7 Å². The molecule has 2 aromatic rings. The normalized spacial score (nSPS) is 10.4. The van der Waals surface area contributed by atoms with Crippen LogP contribution < -0.4 is 5.32 Å². The topological polar surface area (TPSA) is 59.1 Å². The molecule has 0 atom stereocenters. The number of hydrogen-bond acceptors (Lipinski definition) is 3. The number of Topliss-reactive ketones (excluding diaryl/α,β-unsaturated/α-hetero) is 1. The zero-order chi connectivity index (χ0) is 17.4. The highest BCUT2D eigenvalue weighted by Crippen LogP contribution is 2.12. The maximum absolute atomic E-state index is 12.1. The van der Waals surface area contributed by atoms with E-state index in [0.717, 1.165) is 29.5 Å². The summed E-state index contributed by atoms with van der Waals surface area (Å²) in [5.41, 5.74) is 4.11. The van der Waals surface area contributed by atoms with Crippen LogP contribution in [0.2, 0.25) is 0 Å². The first-order chi connectivity index (χ1) is 11.6. The van der Waals surface area contributed by atoms with Crippen LogP contribution in [0, 0.1) is 13.8 Å². The molecule has 0 bridgehead atoms. The molecule has 1 N–H and O–H groups in total. The zero-order valence-corrected chi connectivity index (χ0v) is 14.3. The van der Waals surface area contributed by atoms with E-state index in [1.807, 2.05) is 50.4 Å². The van der Waals surface area contributed by atoms with Crippen LogP contribution in [-0.2, 0) is 11.2 Å². The summed E-state index contributed by atoms with van der Waals surface area (Å²) >= 11 is 0. The summed E-state index contributed by atoms with van der Waals surface area (Å²) in [6, 6.07) is 9.60. The van der Waals surface area contributed by atoms with Gasteiger partial charge < -0.3 is 5.32 Å². The van der Waals surface area contributed by atoms with Gasteiger partial charge in [0.1, 0.15) is 0 Å². The number of benzene rings is 1. The highest BCUT2D eigenvalue weighted by atomic mass is 16.2. The Morgan fingerprint density at radius 1 is 1.08 bits per heavy atom. The van der Waals surface area contributed by atoms with Gasteiger partial charge in [0.25, 0.3) is 0 Å². The number of amides is 1. The Hall–Kier alpha value is -2.49. The van der Waals surface area contributed by atoms with Crippen LogP contribution in [0.25, 0.3) is 0 Å². The molecule has 1 aromatic heterocycles. The average molecular weight is 324 g/mol. The first-order valence-electron chi connectivity index (χ1n) is 8.32. The number of pyridine rings is 1. The summed E-state index contributed by atoms with van der Waals surface area (Å²) in [6.45, 7) is 4.62. The van der Waals surface area contributed by atoms with Crippen LogP contribution in [0.1, 0.15) is 46.3 Å². The van der Waals surface area contributed by atoms with Gasteiger partial charge in [0.2, 0.25) is 5.91 Å². The number of aryl methyl sites for hydroxylation is 3. The van der Waals surface area contributed by atoms with Crippen LogP contribution in [0.5, 0.6) is 0 Å². The number of carbonyl (C=O) groups excluding carboxylic acids is 2. The van der Waals surface area contributed by atoms with Crippen molar-refractivity contribution in [1.82, 2.24) is 10.3 Å². The van der Waals surface area contributed by atoms with E-state index in [9.17, 15) is 9.59 Å². The van der Waals surface area contributed by atoms with Crippen LogP contribution in [0.4, 0.5) is 0 Å². The third-order valence-electron chi connectivity index (χ3n) is 4.10. The molecule has 0 aliphatic rings. The predicted octanol–water partition coefficient (Wildman–Crippen LogP) is 3.41. The minimum Gasteiger partial charge on any atom is -0.356 e. The second-order valence-corrected chi connectivity index (χ2v) is 6.04. The van der Waals surface area contributed by atoms with Gasteiger partial charge in [-0.1, -0.05) is 18.2 Å². The third-order valence-corrected chi connectivity index (χ3v) is 4.10. The van der Waals surface area contributed by atoms with Gasteiger partial charge in [-0.3, -0.25) is 14.6 Å². The molecule has 0 aliphatic carbocycles. The molecule has 0 fully saturated rings. The number of rotatable bonds is 8. The monoisotopic (exact) mass is 324 g/mol. The molecular formula is C20H24N2O2. The molecule has 126 valence electrons. The van der Waals surface area contributed by atoms with Crippen LogP contribution in [0.3, 0.4) is 0 Å². The molecular weight excluding hydrogens is 300 g/mol. The van der Waals surface area contributed by atoms with Crippen molar-refractivity contribution in [2.45, 2.75) is 39.5 Å². The Labute approximate surface area is 143 Å². The number of nitrogens with one attached hydrogen (secondary N) is 1. The highest BCUT2D eigenvalue weighted by molar-refractivity contribution is 5.98. The lowest BCUT2D eigenvalue weighted by atomic mass is 10.0. The van der Waals surface area contributed by atoms with Crippen molar-refractivity contribution in [2.75, 3.05) is 6.54 Å². The summed E-state index contributed by atoms with van der Waals surface area (Å²) < 4.78 is 0. The van der Waals surface area contributed by atoms with Gasteiger partial charge in [-0.15, -0.1) is 0 Å². The lowest BCUT2D eigenvalue weighted by molar-refractivity contribution is -0.121. The molecule has 4 nitrogen and oxygen atoms in total. The predicted molar refractivity (Wildman–Crippen MR) is 95.0 cm³/mol. The Balaban J connectivity index is 1.67. The third kappa shape index (κ3) is 5.61. The Morgan fingerprint density at radius 2 is 1.92 bits per heavy atom. The largest absolute Gasteiger partial charge is 0.356 e. The highest BCUT2D eigenvalue weighted by Gasteiger charge is 2.10. The minimum atomic E-state index is -0.0710. The summed E-state index contributed by atoms with van der Waals surface area (Å²) in [4.78, 5) is 28.0. The maximum Gasteiger partial charge on any atom is 0.220 e. The molecule has 0 saturated carbocycles. The second-order valence-electron chi connectivity index (χ2n) is 6.04. The van der Waals surface area contributed by atoms with Gasteiger partial charge in [0, 0.05) is 37.3 Å². The fourth-order valence-corrected chi connectivity index (χ4v) is 2.44. The fourth-order valence-electron chi connectivity index (χ4n) is 2.44. The van der Waals surface area contributed by atoms with E-state index >= 15 is 0 Å². The van der Waals surface area contributed by atoms with Gasteiger partial charge >= 0.3 is 0 Å². The van der Waals surface area contributed by atoms with E-state index in [-0.39, 0.29) is 24.5 Å². The quantitative estimate of drug-likeness (QED) is 0.598. The minimum absolute atomic E-state index is 0.0172. The maximum atomic E-state index is 12.1. The van der Waals surface area contributed by atoms with Gasteiger partial charge in [-0.05, 0) is 55.5 Å². The van der Waals surface area contributed by atoms with Crippen molar-refractivity contribution in [3.8, 4) is 0 Å². The standard InChI is InChI=1S/C20H24N2O2/c1-15-7-8-18(13-16(15)2)19(23)9-10-20(24)22-12-4-6-17-5-3-11-21-14-17/h3,5,7-8,11,13-14H,4,6,9-10,12H2,1-2H3,(H,22,24). The molecule has 0 spiro atoms. The molecule has 0 saturated heterocycles.